The van der Waals surface area contributed by atoms with E-state index in [9.17, 15) is 4.79 Å². The maximum absolute atomic E-state index is 12.5. The molecule has 25 heavy (non-hydrogen) atoms. The summed E-state index contributed by atoms with van der Waals surface area (Å²) in [6.45, 7) is 0.380. The number of hydrogen-bond donors (Lipinski definition) is 1. The van der Waals surface area contributed by atoms with Gasteiger partial charge in [-0.25, -0.2) is 9.97 Å². The lowest BCUT2D eigenvalue weighted by Crippen LogP contribution is -2.26. The number of hydrogen-bond acceptors (Lipinski definition) is 5. The minimum Gasteiger partial charge on any atom is -0.451 e. The summed E-state index contributed by atoms with van der Waals surface area (Å²) in [7, 11) is 3.45. The zero-order valence-electron chi connectivity index (χ0n) is 13.9. The topological polar surface area (TPSA) is 71.3 Å². The number of carbonyl (C=O) groups is 1. The number of carbonyl (C=O) groups excluding carboxylic acids is 1. The first kappa shape index (κ1) is 17.0. The molecule has 0 aliphatic heterocycles. The molecule has 6 nitrogen and oxygen atoms in total. The van der Waals surface area contributed by atoms with Gasteiger partial charge in [-0.2, -0.15) is 0 Å². The number of rotatable bonds is 5. The third-order valence-corrected chi connectivity index (χ3v) is 3.98. The van der Waals surface area contributed by atoms with Crippen LogP contribution < -0.4 is 5.32 Å². The van der Waals surface area contributed by atoms with E-state index in [0.29, 0.717) is 23.3 Å². The molecule has 1 amide bonds. The minimum absolute atomic E-state index is 0.226. The Labute approximate surface area is 150 Å². The molecule has 0 unspecified atom stereocenters. The van der Waals surface area contributed by atoms with E-state index in [1.54, 1.807) is 49.6 Å². The zero-order valence-corrected chi connectivity index (χ0v) is 14.6. The molecule has 0 aliphatic carbocycles. The molecule has 1 aromatic carbocycles. The van der Waals surface area contributed by atoms with Crippen molar-refractivity contribution in [3.05, 3.63) is 65.1 Å². The van der Waals surface area contributed by atoms with E-state index in [1.807, 2.05) is 18.2 Å². The fourth-order valence-electron chi connectivity index (χ4n) is 2.36. The third-order valence-electron chi connectivity index (χ3n) is 3.65. The van der Waals surface area contributed by atoms with Crippen LogP contribution in [0.15, 0.2) is 53.2 Å². The Hall–Kier alpha value is -2.86. The number of benzene rings is 1. The van der Waals surface area contributed by atoms with Crippen molar-refractivity contribution in [1.29, 1.82) is 0 Å². The number of amides is 1. The highest BCUT2D eigenvalue weighted by Gasteiger charge is 2.18. The van der Waals surface area contributed by atoms with Crippen molar-refractivity contribution in [3.8, 4) is 11.3 Å². The first-order valence-corrected chi connectivity index (χ1v) is 8.05. The van der Waals surface area contributed by atoms with E-state index in [-0.39, 0.29) is 11.7 Å². The van der Waals surface area contributed by atoms with Crippen LogP contribution in [0, 0.1) is 0 Å². The largest absolute Gasteiger partial charge is 0.451 e. The molecule has 0 radical (unpaired) electrons. The van der Waals surface area contributed by atoms with Crippen LogP contribution in [0.1, 0.15) is 16.1 Å². The van der Waals surface area contributed by atoms with Crippen LogP contribution in [0.5, 0.6) is 0 Å². The van der Waals surface area contributed by atoms with Gasteiger partial charge in [-0.3, -0.25) is 4.79 Å². The normalized spacial score (nSPS) is 10.5. The summed E-state index contributed by atoms with van der Waals surface area (Å²) in [5, 5.41) is 3.43. The number of halogens is 1. The van der Waals surface area contributed by atoms with Gasteiger partial charge in [0.2, 0.25) is 5.95 Å². The van der Waals surface area contributed by atoms with Crippen molar-refractivity contribution in [1.82, 2.24) is 14.9 Å². The molecule has 3 aromatic rings. The summed E-state index contributed by atoms with van der Waals surface area (Å²) in [5.74, 6) is 1.12. The number of aromatic nitrogens is 2. The lowest BCUT2D eigenvalue weighted by molar-refractivity contribution is 0.0754. The first-order chi connectivity index (χ1) is 12.1. The van der Waals surface area contributed by atoms with Crippen LogP contribution >= 0.6 is 11.6 Å². The van der Waals surface area contributed by atoms with E-state index in [1.165, 1.54) is 0 Å². The molecule has 7 heteroatoms. The molecule has 128 valence electrons. The van der Waals surface area contributed by atoms with Crippen LogP contribution in [0.2, 0.25) is 5.02 Å². The van der Waals surface area contributed by atoms with Crippen molar-refractivity contribution < 1.29 is 9.21 Å². The minimum atomic E-state index is -0.226. The zero-order chi connectivity index (χ0) is 17.8. The Kier molecular flexibility index (Phi) is 5.00. The second-order valence-corrected chi connectivity index (χ2v) is 5.88. The summed E-state index contributed by atoms with van der Waals surface area (Å²) in [4.78, 5) is 22.4. The Morgan fingerprint density at radius 1 is 1.20 bits per heavy atom. The standard InChI is InChI=1S/C18H17ClN4O2/c1-20-18-21-9-12(10-22-18)11-23(2)17(24)16-8-7-15(25-16)13-5-3-4-6-14(13)19/h3-10H,11H2,1-2H3,(H,20,21,22). The summed E-state index contributed by atoms with van der Waals surface area (Å²) in [6.07, 6.45) is 3.36. The molecule has 0 atom stereocenters. The van der Waals surface area contributed by atoms with Crippen LogP contribution in [0.3, 0.4) is 0 Å². The van der Waals surface area contributed by atoms with Crippen molar-refractivity contribution in [2.24, 2.45) is 0 Å². The third kappa shape index (κ3) is 3.80. The molecular formula is C18H17ClN4O2. The first-order valence-electron chi connectivity index (χ1n) is 7.67. The van der Waals surface area contributed by atoms with E-state index in [2.05, 4.69) is 15.3 Å². The monoisotopic (exact) mass is 356 g/mol. The van der Waals surface area contributed by atoms with Gasteiger partial charge in [0.25, 0.3) is 5.91 Å². The summed E-state index contributed by atoms with van der Waals surface area (Å²) < 4.78 is 5.69. The molecule has 0 fully saturated rings. The highest BCUT2D eigenvalue weighted by atomic mass is 35.5. The smallest absolute Gasteiger partial charge is 0.289 e. The van der Waals surface area contributed by atoms with Gasteiger partial charge >= 0.3 is 0 Å². The Bertz CT molecular complexity index is 877. The lowest BCUT2D eigenvalue weighted by atomic mass is 10.2. The van der Waals surface area contributed by atoms with Crippen molar-refractivity contribution in [2.45, 2.75) is 6.54 Å². The highest BCUT2D eigenvalue weighted by molar-refractivity contribution is 6.33. The van der Waals surface area contributed by atoms with Gasteiger partial charge in [0.15, 0.2) is 5.76 Å². The average Bonchev–Trinajstić information content (AvgIpc) is 3.12. The van der Waals surface area contributed by atoms with E-state index in [0.717, 1.165) is 11.1 Å². The highest BCUT2D eigenvalue weighted by Crippen LogP contribution is 2.29. The second kappa shape index (κ2) is 7.36. The fourth-order valence-corrected chi connectivity index (χ4v) is 2.59. The van der Waals surface area contributed by atoms with Gasteiger partial charge in [0.05, 0.1) is 5.02 Å². The van der Waals surface area contributed by atoms with Gasteiger partial charge in [0.1, 0.15) is 5.76 Å². The Balaban J connectivity index is 1.73. The van der Waals surface area contributed by atoms with E-state index >= 15 is 0 Å². The van der Waals surface area contributed by atoms with Gasteiger partial charge in [-0.05, 0) is 24.3 Å². The van der Waals surface area contributed by atoms with Crippen molar-refractivity contribution >= 4 is 23.5 Å². The predicted octanol–water partition coefficient (Wildman–Crippen LogP) is 3.70. The molecule has 0 saturated heterocycles. The maximum Gasteiger partial charge on any atom is 0.289 e. The van der Waals surface area contributed by atoms with Crippen molar-refractivity contribution in [3.63, 3.8) is 0 Å². The predicted molar refractivity (Wildman–Crippen MR) is 96.5 cm³/mol. The van der Waals surface area contributed by atoms with E-state index in [4.69, 9.17) is 16.0 Å². The molecule has 2 heterocycles. The molecule has 2 aromatic heterocycles. The summed E-state index contributed by atoms with van der Waals surface area (Å²) >= 11 is 6.17. The molecule has 0 bridgehead atoms. The number of nitrogens with zero attached hydrogens (tertiary/aromatic N) is 3. The van der Waals surface area contributed by atoms with E-state index < -0.39 is 0 Å². The fraction of sp³-hybridized carbons (Fsp3) is 0.167. The molecule has 3 rings (SSSR count). The number of anilines is 1. The molecule has 0 saturated carbocycles. The molecule has 1 N–H and O–H groups in total. The van der Waals surface area contributed by atoms with Crippen LogP contribution in [0.4, 0.5) is 5.95 Å². The molecule has 0 spiro atoms. The van der Waals surface area contributed by atoms with Gasteiger partial charge < -0.3 is 14.6 Å². The van der Waals surface area contributed by atoms with Gasteiger partial charge in [0, 0.05) is 44.2 Å². The lowest BCUT2D eigenvalue weighted by Gasteiger charge is -2.15. The van der Waals surface area contributed by atoms with Gasteiger partial charge in [-0.1, -0.05) is 23.7 Å². The number of nitrogens with one attached hydrogen (secondary N) is 1. The average molecular weight is 357 g/mol. The van der Waals surface area contributed by atoms with Crippen LogP contribution in [-0.2, 0) is 6.54 Å². The Morgan fingerprint density at radius 3 is 2.60 bits per heavy atom. The summed E-state index contributed by atoms with van der Waals surface area (Å²) in [5.41, 5.74) is 1.58. The van der Waals surface area contributed by atoms with Crippen LogP contribution in [0.25, 0.3) is 11.3 Å². The summed E-state index contributed by atoms with van der Waals surface area (Å²) in [6, 6.07) is 10.7. The maximum atomic E-state index is 12.5. The number of furan rings is 1. The molecule has 0 aliphatic rings. The SMILES string of the molecule is CNc1ncc(CN(C)C(=O)c2ccc(-c3ccccc3Cl)o2)cn1. The van der Waals surface area contributed by atoms with Gasteiger partial charge in [-0.15, -0.1) is 0 Å². The quantitative estimate of drug-likeness (QED) is 0.754. The van der Waals surface area contributed by atoms with Crippen molar-refractivity contribution in [2.75, 3.05) is 19.4 Å². The van der Waals surface area contributed by atoms with Crippen LogP contribution in [-0.4, -0.2) is 34.9 Å². The Morgan fingerprint density at radius 2 is 1.92 bits per heavy atom. The molecular weight excluding hydrogens is 340 g/mol. The second-order valence-electron chi connectivity index (χ2n) is 5.47.